The number of aryl methyl sites for hydroxylation is 1. The topological polar surface area (TPSA) is 30.7 Å². The van der Waals surface area contributed by atoms with Gasteiger partial charge in [-0.1, -0.05) is 0 Å². The zero-order chi connectivity index (χ0) is 13.0. The van der Waals surface area contributed by atoms with Gasteiger partial charge in [-0.15, -0.1) is 11.6 Å². The lowest BCUT2D eigenvalue weighted by atomic mass is 10.3. The Morgan fingerprint density at radius 2 is 2.28 bits per heavy atom. The van der Waals surface area contributed by atoms with E-state index >= 15 is 0 Å². The molecule has 0 aromatic carbocycles. The maximum atomic E-state index is 6.20. The third-order valence-electron chi connectivity index (χ3n) is 2.87. The highest BCUT2D eigenvalue weighted by Crippen LogP contribution is 2.23. The fraction of sp³-hybridized carbons (Fsp3) is 0.538. The highest BCUT2D eigenvalue weighted by molar-refractivity contribution is 7.98. The summed E-state index contributed by atoms with van der Waals surface area (Å²) in [6.07, 6.45) is 6.30. The van der Waals surface area contributed by atoms with E-state index in [0.717, 1.165) is 30.0 Å². The van der Waals surface area contributed by atoms with Crippen LogP contribution in [0, 0.1) is 0 Å². The monoisotopic (exact) mass is 283 g/mol. The number of hydrogen-bond donors (Lipinski definition) is 0. The molecule has 98 valence electrons. The van der Waals surface area contributed by atoms with Gasteiger partial charge in [-0.05, 0) is 43.9 Å². The van der Waals surface area contributed by atoms with Crippen molar-refractivity contribution in [1.82, 2.24) is 14.5 Å². The Morgan fingerprint density at radius 3 is 3.00 bits per heavy atom. The van der Waals surface area contributed by atoms with Crippen LogP contribution in [0.2, 0.25) is 0 Å². The van der Waals surface area contributed by atoms with Crippen molar-refractivity contribution < 1.29 is 0 Å². The molecule has 0 aliphatic rings. The van der Waals surface area contributed by atoms with Gasteiger partial charge < -0.3 is 4.57 Å². The van der Waals surface area contributed by atoms with Crippen LogP contribution < -0.4 is 0 Å². The molecule has 0 saturated heterocycles. The number of rotatable bonds is 6. The van der Waals surface area contributed by atoms with Gasteiger partial charge in [0.2, 0.25) is 0 Å². The third-order valence-corrected chi connectivity index (χ3v) is 3.76. The van der Waals surface area contributed by atoms with Gasteiger partial charge in [0, 0.05) is 12.7 Å². The Hall–Kier alpha value is -0.740. The molecular weight excluding hydrogens is 266 g/mol. The summed E-state index contributed by atoms with van der Waals surface area (Å²) in [4.78, 5) is 8.99. The maximum Gasteiger partial charge on any atom is 0.160 e. The highest BCUT2D eigenvalue weighted by Gasteiger charge is 2.14. The predicted octanol–water partition coefficient (Wildman–Crippen LogP) is 3.87. The number of thioether (sulfide) groups is 1. The standard InChI is InChI=1S/C13H18ClN3S/c1-10(14)12-16-11-6-5-7-15-13(11)17(12)8-3-4-9-18-2/h5-7,10H,3-4,8-9H2,1-2H3. The van der Waals surface area contributed by atoms with Crippen molar-refractivity contribution in [3.63, 3.8) is 0 Å². The molecule has 0 bridgehead atoms. The lowest BCUT2D eigenvalue weighted by Crippen LogP contribution is -2.05. The number of alkyl halides is 1. The van der Waals surface area contributed by atoms with Crippen molar-refractivity contribution in [2.45, 2.75) is 31.7 Å². The Balaban J connectivity index is 2.24. The number of fused-ring (bicyclic) bond motifs is 1. The smallest absolute Gasteiger partial charge is 0.160 e. The fourth-order valence-electron chi connectivity index (χ4n) is 2.02. The van der Waals surface area contributed by atoms with Crippen molar-refractivity contribution in [2.24, 2.45) is 0 Å². The first kappa shape index (κ1) is 13.7. The number of pyridine rings is 1. The second-order valence-electron chi connectivity index (χ2n) is 4.28. The average molecular weight is 284 g/mol. The first-order chi connectivity index (χ1) is 8.74. The normalized spacial score (nSPS) is 13.1. The zero-order valence-corrected chi connectivity index (χ0v) is 12.3. The summed E-state index contributed by atoms with van der Waals surface area (Å²) < 4.78 is 2.16. The van der Waals surface area contributed by atoms with Gasteiger partial charge in [0.05, 0.1) is 5.38 Å². The van der Waals surface area contributed by atoms with Gasteiger partial charge in [-0.2, -0.15) is 11.8 Å². The van der Waals surface area contributed by atoms with E-state index in [0.29, 0.717) is 0 Å². The van der Waals surface area contributed by atoms with Crippen LogP contribution >= 0.6 is 23.4 Å². The van der Waals surface area contributed by atoms with Crippen molar-refractivity contribution in [1.29, 1.82) is 0 Å². The lowest BCUT2D eigenvalue weighted by Gasteiger charge is -2.09. The van der Waals surface area contributed by atoms with Crippen LogP contribution in [0.15, 0.2) is 18.3 Å². The van der Waals surface area contributed by atoms with E-state index in [4.69, 9.17) is 11.6 Å². The minimum absolute atomic E-state index is 0.0836. The molecule has 2 heterocycles. The first-order valence-corrected chi connectivity index (χ1v) is 8.01. The van der Waals surface area contributed by atoms with E-state index in [9.17, 15) is 0 Å². The van der Waals surface area contributed by atoms with E-state index in [1.165, 1.54) is 12.2 Å². The van der Waals surface area contributed by atoms with Crippen LogP contribution in [-0.4, -0.2) is 26.5 Å². The zero-order valence-electron chi connectivity index (χ0n) is 10.8. The second kappa shape index (κ2) is 6.43. The van der Waals surface area contributed by atoms with Crippen molar-refractivity contribution in [3.05, 3.63) is 24.2 Å². The van der Waals surface area contributed by atoms with E-state index in [1.807, 2.05) is 37.0 Å². The largest absolute Gasteiger partial charge is 0.311 e. The second-order valence-corrected chi connectivity index (χ2v) is 5.92. The molecule has 0 fully saturated rings. The van der Waals surface area contributed by atoms with Gasteiger partial charge >= 0.3 is 0 Å². The number of aromatic nitrogens is 3. The van der Waals surface area contributed by atoms with Crippen LogP contribution in [0.25, 0.3) is 11.2 Å². The lowest BCUT2D eigenvalue weighted by molar-refractivity contribution is 0.615. The summed E-state index contributed by atoms with van der Waals surface area (Å²) in [5.41, 5.74) is 1.88. The summed E-state index contributed by atoms with van der Waals surface area (Å²) in [6, 6.07) is 3.90. The molecule has 2 aromatic heterocycles. The molecule has 0 N–H and O–H groups in total. The molecule has 2 rings (SSSR count). The minimum atomic E-state index is -0.0836. The molecule has 3 nitrogen and oxygen atoms in total. The Morgan fingerprint density at radius 1 is 1.44 bits per heavy atom. The maximum absolute atomic E-state index is 6.20. The summed E-state index contributed by atoms with van der Waals surface area (Å²) in [7, 11) is 0. The first-order valence-electron chi connectivity index (χ1n) is 6.18. The van der Waals surface area contributed by atoms with Crippen LogP contribution in [0.1, 0.15) is 31.0 Å². The van der Waals surface area contributed by atoms with Gasteiger partial charge in [0.1, 0.15) is 11.3 Å². The highest BCUT2D eigenvalue weighted by atomic mass is 35.5. The molecule has 0 saturated carbocycles. The molecule has 0 amide bonds. The van der Waals surface area contributed by atoms with Gasteiger partial charge in [0.15, 0.2) is 5.65 Å². The fourth-order valence-corrected chi connectivity index (χ4v) is 2.68. The van der Waals surface area contributed by atoms with E-state index in [-0.39, 0.29) is 5.38 Å². The van der Waals surface area contributed by atoms with Crippen molar-refractivity contribution in [3.8, 4) is 0 Å². The van der Waals surface area contributed by atoms with Gasteiger partial charge in [-0.3, -0.25) is 0 Å². The Labute approximate surface area is 117 Å². The van der Waals surface area contributed by atoms with E-state index in [1.54, 1.807) is 0 Å². The molecule has 5 heteroatoms. The quantitative estimate of drug-likeness (QED) is 0.595. The molecule has 1 unspecified atom stereocenters. The minimum Gasteiger partial charge on any atom is -0.311 e. The summed E-state index contributed by atoms with van der Waals surface area (Å²) in [5, 5.41) is -0.0836. The number of unbranched alkanes of at least 4 members (excludes halogenated alkanes) is 1. The summed E-state index contributed by atoms with van der Waals surface area (Å²) in [6.45, 7) is 2.90. The SMILES string of the molecule is CSCCCCn1c(C(C)Cl)nc2cccnc21. The van der Waals surface area contributed by atoms with Crippen LogP contribution in [0.4, 0.5) is 0 Å². The van der Waals surface area contributed by atoms with E-state index < -0.39 is 0 Å². The summed E-state index contributed by atoms with van der Waals surface area (Å²) in [5.74, 6) is 2.13. The van der Waals surface area contributed by atoms with Crippen LogP contribution in [0.3, 0.4) is 0 Å². The van der Waals surface area contributed by atoms with Crippen LogP contribution in [-0.2, 0) is 6.54 Å². The predicted molar refractivity (Wildman–Crippen MR) is 79.4 cm³/mol. The number of nitrogens with zero attached hydrogens (tertiary/aromatic N) is 3. The van der Waals surface area contributed by atoms with Crippen LogP contribution in [0.5, 0.6) is 0 Å². The van der Waals surface area contributed by atoms with Crippen molar-refractivity contribution in [2.75, 3.05) is 12.0 Å². The molecule has 2 aromatic rings. The average Bonchev–Trinajstić information content (AvgIpc) is 2.74. The molecule has 0 spiro atoms. The summed E-state index contributed by atoms with van der Waals surface area (Å²) >= 11 is 8.09. The van der Waals surface area contributed by atoms with E-state index in [2.05, 4.69) is 20.8 Å². The molecule has 0 aliphatic heterocycles. The number of halogens is 1. The van der Waals surface area contributed by atoms with Crippen molar-refractivity contribution >= 4 is 34.5 Å². The molecule has 0 radical (unpaired) electrons. The molecule has 18 heavy (non-hydrogen) atoms. The number of imidazole rings is 1. The number of hydrogen-bond acceptors (Lipinski definition) is 3. The molecular formula is C13H18ClN3S. The molecule has 1 atom stereocenters. The third kappa shape index (κ3) is 2.98. The molecule has 0 aliphatic carbocycles. The van der Waals surface area contributed by atoms with Gasteiger partial charge in [0.25, 0.3) is 0 Å². The Kier molecular flexibility index (Phi) is 4.89. The Bertz CT molecular complexity index is 510. The van der Waals surface area contributed by atoms with Gasteiger partial charge in [-0.25, -0.2) is 9.97 Å².